The maximum atomic E-state index is 12.4. The molecule has 0 aliphatic rings. The van der Waals surface area contributed by atoms with Gasteiger partial charge in [0.15, 0.2) is 0 Å². The van der Waals surface area contributed by atoms with Crippen LogP contribution in [0.5, 0.6) is 5.75 Å². The third kappa shape index (κ3) is 1.90. The van der Waals surface area contributed by atoms with Gasteiger partial charge in [0.1, 0.15) is 10.6 Å². The van der Waals surface area contributed by atoms with Crippen molar-refractivity contribution in [1.82, 2.24) is 0 Å². The fourth-order valence-corrected chi connectivity index (χ4v) is 2.41. The van der Waals surface area contributed by atoms with Gasteiger partial charge in [0, 0.05) is 0 Å². The van der Waals surface area contributed by atoms with Crippen LogP contribution in [0.4, 0.5) is 13.2 Å². The second-order valence-corrected chi connectivity index (χ2v) is 5.53. The van der Waals surface area contributed by atoms with Crippen molar-refractivity contribution in [2.45, 2.75) is 10.4 Å². The third-order valence-corrected chi connectivity index (χ3v) is 3.94. The molecule has 18 heavy (non-hydrogen) atoms. The Morgan fingerprint density at radius 1 is 1.00 bits per heavy atom. The summed E-state index contributed by atoms with van der Waals surface area (Å²) in [5, 5.41) is 10.2. The van der Waals surface area contributed by atoms with Crippen molar-refractivity contribution in [3.8, 4) is 5.75 Å². The molecule has 0 aliphatic heterocycles. The predicted molar refractivity (Wildman–Crippen MR) is 58.9 cm³/mol. The highest BCUT2D eigenvalue weighted by atomic mass is 32.2. The Labute approximate surface area is 100 Å². The summed E-state index contributed by atoms with van der Waals surface area (Å²) in [6.45, 7) is 0. The molecule has 0 atom stereocenters. The molecule has 0 heterocycles. The third-order valence-electron chi connectivity index (χ3n) is 2.42. The molecule has 0 bridgehead atoms. The molecule has 7 heteroatoms. The summed E-state index contributed by atoms with van der Waals surface area (Å²) in [6, 6.07) is 8.01. The standard InChI is InChI=1S/C11H7F3O3S/c12-11(13,14)18(16,17)10-6-8-4-2-1-3-7(8)5-9(10)15/h1-6,15H. The van der Waals surface area contributed by atoms with Gasteiger partial charge in [0.05, 0.1) is 0 Å². The first-order chi connectivity index (χ1) is 8.23. The Morgan fingerprint density at radius 3 is 2.00 bits per heavy atom. The lowest BCUT2D eigenvalue weighted by Gasteiger charge is -2.10. The SMILES string of the molecule is O=S(=O)(c1cc2ccccc2cc1O)C(F)(F)F. The van der Waals surface area contributed by atoms with Gasteiger partial charge in [-0.25, -0.2) is 8.42 Å². The van der Waals surface area contributed by atoms with E-state index in [1.165, 1.54) is 6.07 Å². The Kier molecular flexibility index (Phi) is 2.73. The minimum absolute atomic E-state index is 0.304. The van der Waals surface area contributed by atoms with E-state index in [9.17, 15) is 26.7 Å². The number of rotatable bonds is 1. The van der Waals surface area contributed by atoms with E-state index >= 15 is 0 Å². The fraction of sp³-hybridized carbons (Fsp3) is 0.0909. The Morgan fingerprint density at radius 2 is 1.50 bits per heavy atom. The van der Waals surface area contributed by atoms with Gasteiger partial charge in [0.2, 0.25) is 0 Å². The van der Waals surface area contributed by atoms with Crippen LogP contribution in [0.25, 0.3) is 10.8 Å². The van der Waals surface area contributed by atoms with Gasteiger partial charge in [-0.2, -0.15) is 13.2 Å². The Hall–Kier alpha value is -1.76. The zero-order valence-electron chi connectivity index (χ0n) is 8.77. The summed E-state index contributed by atoms with van der Waals surface area (Å²) < 4.78 is 59.7. The number of phenols is 1. The summed E-state index contributed by atoms with van der Waals surface area (Å²) in [7, 11) is -5.55. The molecule has 2 rings (SSSR count). The maximum absolute atomic E-state index is 12.4. The number of hydrogen-bond acceptors (Lipinski definition) is 3. The molecule has 0 aromatic heterocycles. The van der Waals surface area contributed by atoms with E-state index < -0.39 is 26.0 Å². The molecule has 2 aromatic carbocycles. The first-order valence-corrected chi connectivity index (χ1v) is 6.25. The summed E-state index contributed by atoms with van der Waals surface area (Å²) in [6.07, 6.45) is 0. The first-order valence-electron chi connectivity index (χ1n) is 4.76. The zero-order chi connectivity index (χ0) is 13.6. The van der Waals surface area contributed by atoms with Gasteiger partial charge in [0.25, 0.3) is 9.84 Å². The molecule has 0 aliphatic carbocycles. The Bertz CT molecular complexity index is 705. The lowest BCUT2D eigenvalue weighted by Crippen LogP contribution is -2.23. The summed E-state index contributed by atoms with van der Waals surface area (Å²) >= 11 is 0. The highest BCUT2D eigenvalue weighted by Crippen LogP contribution is 2.37. The van der Waals surface area contributed by atoms with Gasteiger partial charge < -0.3 is 5.11 Å². The molecule has 0 unspecified atom stereocenters. The van der Waals surface area contributed by atoms with Crippen molar-refractivity contribution < 1.29 is 26.7 Å². The van der Waals surface area contributed by atoms with Crippen LogP contribution in [0.15, 0.2) is 41.3 Å². The highest BCUT2D eigenvalue weighted by molar-refractivity contribution is 7.92. The predicted octanol–water partition coefficient (Wildman–Crippen LogP) is 2.84. The molecule has 1 N–H and O–H groups in total. The topological polar surface area (TPSA) is 54.4 Å². The van der Waals surface area contributed by atoms with Gasteiger partial charge in [-0.15, -0.1) is 0 Å². The van der Waals surface area contributed by atoms with Crippen molar-refractivity contribution in [2.75, 3.05) is 0 Å². The van der Waals surface area contributed by atoms with Crippen molar-refractivity contribution in [2.24, 2.45) is 0 Å². The van der Waals surface area contributed by atoms with Crippen LogP contribution in [0.1, 0.15) is 0 Å². The number of halogens is 3. The average Bonchev–Trinajstić information content (AvgIpc) is 2.26. The van der Waals surface area contributed by atoms with E-state index in [2.05, 4.69) is 0 Å². The lowest BCUT2D eigenvalue weighted by atomic mass is 10.1. The monoisotopic (exact) mass is 276 g/mol. The fourth-order valence-electron chi connectivity index (χ4n) is 1.55. The molecule has 2 aromatic rings. The number of alkyl halides is 3. The van der Waals surface area contributed by atoms with E-state index in [4.69, 9.17) is 0 Å². The zero-order valence-corrected chi connectivity index (χ0v) is 9.59. The minimum atomic E-state index is -5.55. The molecular weight excluding hydrogens is 269 g/mol. The molecular formula is C11H7F3O3S. The minimum Gasteiger partial charge on any atom is -0.507 e. The average molecular weight is 276 g/mol. The van der Waals surface area contributed by atoms with Crippen molar-refractivity contribution in [3.05, 3.63) is 36.4 Å². The highest BCUT2D eigenvalue weighted by Gasteiger charge is 2.48. The van der Waals surface area contributed by atoms with Crippen LogP contribution in [-0.2, 0) is 9.84 Å². The lowest BCUT2D eigenvalue weighted by molar-refractivity contribution is -0.0437. The number of benzene rings is 2. The van der Waals surface area contributed by atoms with E-state index in [1.54, 1.807) is 18.2 Å². The number of hydrogen-bond donors (Lipinski definition) is 1. The second-order valence-electron chi connectivity index (χ2n) is 3.62. The number of sulfone groups is 1. The molecule has 0 saturated heterocycles. The van der Waals surface area contributed by atoms with Crippen LogP contribution in [-0.4, -0.2) is 19.0 Å². The largest absolute Gasteiger partial charge is 0.507 e. The number of fused-ring (bicyclic) bond motifs is 1. The van der Waals surface area contributed by atoms with E-state index in [0.717, 1.165) is 12.1 Å². The second kappa shape index (κ2) is 3.88. The summed E-state index contributed by atoms with van der Waals surface area (Å²) in [5.74, 6) is -0.911. The molecule has 0 radical (unpaired) electrons. The number of phenolic OH excluding ortho intramolecular Hbond substituents is 1. The Balaban J connectivity index is 2.77. The van der Waals surface area contributed by atoms with Gasteiger partial charge in [-0.1, -0.05) is 24.3 Å². The molecule has 0 saturated carbocycles. The molecule has 96 valence electrons. The van der Waals surface area contributed by atoms with Crippen LogP contribution in [0.2, 0.25) is 0 Å². The van der Waals surface area contributed by atoms with Gasteiger partial charge in [-0.3, -0.25) is 0 Å². The van der Waals surface area contributed by atoms with Gasteiger partial charge in [-0.05, 0) is 22.9 Å². The quantitative estimate of drug-likeness (QED) is 0.871. The van der Waals surface area contributed by atoms with Crippen molar-refractivity contribution in [1.29, 1.82) is 0 Å². The van der Waals surface area contributed by atoms with E-state index in [0.29, 0.717) is 10.8 Å². The van der Waals surface area contributed by atoms with E-state index in [1.807, 2.05) is 0 Å². The first kappa shape index (κ1) is 12.7. The van der Waals surface area contributed by atoms with Crippen LogP contribution >= 0.6 is 0 Å². The summed E-state index contributed by atoms with van der Waals surface area (Å²) in [4.78, 5) is -1.13. The van der Waals surface area contributed by atoms with Crippen LogP contribution in [0, 0.1) is 0 Å². The van der Waals surface area contributed by atoms with Gasteiger partial charge >= 0.3 is 5.51 Å². The summed E-state index contributed by atoms with van der Waals surface area (Å²) in [5.41, 5.74) is -5.44. The van der Waals surface area contributed by atoms with Crippen molar-refractivity contribution >= 4 is 20.6 Å². The van der Waals surface area contributed by atoms with Crippen LogP contribution < -0.4 is 0 Å². The smallest absolute Gasteiger partial charge is 0.502 e. The maximum Gasteiger partial charge on any atom is 0.502 e. The molecule has 0 fully saturated rings. The number of aromatic hydroxyl groups is 1. The van der Waals surface area contributed by atoms with Crippen LogP contribution in [0.3, 0.4) is 0 Å². The molecule has 0 amide bonds. The molecule has 3 nitrogen and oxygen atoms in total. The van der Waals surface area contributed by atoms with Crippen molar-refractivity contribution in [3.63, 3.8) is 0 Å². The molecule has 0 spiro atoms. The normalized spacial score (nSPS) is 12.8. The van der Waals surface area contributed by atoms with E-state index in [-0.39, 0.29) is 0 Å².